The SMILES string of the molecule is O=C(NCCc1ccc(F)c(F)c1)c1ccc(NCc2ccccc2)c([N+](=O)[O-])c1. The number of nitro benzene ring substituents is 1. The van der Waals surface area contributed by atoms with Gasteiger partial charge in [0.25, 0.3) is 11.6 Å². The molecule has 0 spiro atoms. The van der Waals surface area contributed by atoms with Gasteiger partial charge in [-0.1, -0.05) is 36.4 Å². The lowest BCUT2D eigenvalue weighted by molar-refractivity contribution is -0.384. The third-order valence-electron chi connectivity index (χ3n) is 4.47. The largest absolute Gasteiger partial charge is 0.375 e. The number of hydrogen-bond donors (Lipinski definition) is 2. The number of carbonyl (C=O) groups is 1. The summed E-state index contributed by atoms with van der Waals surface area (Å²) in [6, 6.07) is 17.1. The molecule has 6 nitrogen and oxygen atoms in total. The highest BCUT2D eigenvalue weighted by Crippen LogP contribution is 2.26. The second kappa shape index (κ2) is 9.60. The number of rotatable bonds is 8. The molecule has 0 fully saturated rings. The van der Waals surface area contributed by atoms with Gasteiger partial charge in [-0.05, 0) is 41.8 Å². The van der Waals surface area contributed by atoms with Crippen LogP contribution >= 0.6 is 0 Å². The number of carbonyl (C=O) groups excluding carboxylic acids is 1. The van der Waals surface area contributed by atoms with Crippen LogP contribution in [0.15, 0.2) is 66.7 Å². The zero-order valence-electron chi connectivity index (χ0n) is 15.9. The van der Waals surface area contributed by atoms with E-state index >= 15 is 0 Å². The minimum absolute atomic E-state index is 0.136. The van der Waals surface area contributed by atoms with Crippen molar-refractivity contribution < 1.29 is 18.5 Å². The van der Waals surface area contributed by atoms with Gasteiger partial charge in [0.05, 0.1) is 4.92 Å². The molecule has 3 aromatic rings. The van der Waals surface area contributed by atoms with Crippen LogP contribution in [0.3, 0.4) is 0 Å². The normalized spacial score (nSPS) is 10.5. The summed E-state index contributed by atoms with van der Waals surface area (Å²) in [6.45, 7) is 0.577. The summed E-state index contributed by atoms with van der Waals surface area (Å²) in [7, 11) is 0. The van der Waals surface area contributed by atoms with Crippen LogP contribution in [-0.4, -0.2) is 17.4 Å². The zero-order valence-corrected chi connectivity index (χ0v) is 15.9. The van der Waals surface area contributed by atoms with Crippen molar-refractivity contribution in [2.24, 2.45) is 0 Å². The lowest BCUT2D eigenvalue weighted by atomic mass is 10.1. The Balaban J connectivity index is 1.63. The average molecular weight is 411 g/mol. The Morgan fingerprint density at radius 2 is 1.70 bits per heavy atom. The van der Waals surface area contributed by atoms with Crippen molar-refractivity contribution in [1.29, 1.82) is 0 Å². The molecule has 154 valence electrons. The molecule has 1 amide bonds. The van der Waals surface area contributed by atoms with Crippen molar-refractivity contribution in [2.75, 3.05) is 11.9 Å². The standard InChI is InChI=1S/C22H19F2N3O3/c23-18-8-6-15(12-19(18)24)10-11-25-22(28)17-7-9-20(21(13-17)27(29)30)26-14-16-4-2-1-3-5-16/h1-9,12-13,26H,10-11,14H2,(H,25,28). The Morgan fingerprint density at radius 1 is 0.933 bits per heavy atom. The maximum atomic E-state index is 13.2. The van der Waals surface area contributed by atoms with E-state index in [1.807, 2.05) is 30.3 Å². The van der Waals surface area contributed by atoms with Crippen molar-refractivity contribution in [1.82, 2.24) is 5.32 Å². The number of hydrogen-bond acceptors (Lipinski definition) is 4. The van der Waals surface area contributed by atoms with E-state index in [0.717, 1.165) is 17.7 Å². The van der Waals surface area contributed by atoms with Crippen LogP contribution in [0.25, 0.3) is 0 Å². The van der Waals surface area contributed by atoms with E-state index in [1.165, 1.54) is 24.3 Å². The van der Waals surface area contributed by atoms with Crippen LogP contribution < -0.4 is 10.6 Å². The van der Waals surface area contributed by atoms with Crippen LogP contribution in [0.5, 0.6) is 0 Å². The molecule has 30 heavy (non-hydrogen) atoms. The minimum Gasteiger partial charge on any atom is -0.375 e. The number of amides is 1. The summed E-state index contributed by atoms with van der Waals surface area (Å²) in [5, 5.41) is 17.1. The summed E-state index contributed by atoms with van der Waals surface area (Å²) in [6.07, 6.45) is 0.293. The fourth-order valence-electron chi connectivity index (χ4n) is 2.88. The number of halogens is 2. The van der Waals surface area contributed by atoms with Crippen molar-refractivity contribution in [3.05, 3.63) is 105 Å². The monoisotopic (exact) mass is 411 g/mol. The molecule has 0 aromatic heterocycles. The van der Waals surface area contributed by atoms with Gasteiger partial charge in [-0.25, -0.2) is 8.78 Å². The summed E-state index contributed by atoms with van der Waals surface area (Å²) in [4.78, 5) is 23.2. The van der Waals surface area contributed by atoms with E-state index in [2.05, 4.69) is 10.6 Å². The quantitative estimate of drug-likeness (QED) is 0.424. The van der Waals surface area contributed by atoms with Gasteiger partial charge in [0.1, 0.15) is 5.69 Å². The van der Waals surface area contributed by atoms with E-state index in [9.17, 15) is 23.7 Å². The predicted molar refractivity (Wildman–Crippen MR) is 109 cm³/mol. The van der Waals surface area contributed by atoms with Crippen molar-refractivity contribution >= 4 is 17.3 Å². The van der Waals surface area contributed by atoms with E-state index in [4.69, 9.17) is 0 Å². The predicted octanol–water partition coefficient (Wildman–Crippen LogP) is 4.46. The number of nitro groups is 1. The van der Waals surface area contributed by atoms with Gasteiger partial charge in [-0.15, -0.1) is 0 Å². The minimum atomic E-state index is -0.951. The van der Waals surface area contributed by atoms with Crippen LogP contribution in [0.2, 0.25) is 0 Å². The second-order valence-electron chi connectivity index (χ2n) is 6.58. The first-order chi connectivity index (χ1) is 14.4. The molecule has 0 unspecified atom stereocenters. The van der Waals surface area contributed by atoms with Crippen LogP contribution in [0, 0.1) is 21.7 Å². The van der Waals surface area contributed by atoms with Crippen molar-refractivity contribution in [3.8, 4) is 0 Å². The van der Waals surface area contributed by atoms with Gasteiger partial charge in [0.15, 0.2) is 11.6 Å². The molecule has 3 rings (SSSR count). The molecule has 0 aliphatic carbocycles. The Bertz CT molecular complexity index is 1060. The van der Waals surface area contributed by atoms with Crippen LogP contribution in [-0.2, 0) is 13.0 Å². The van der Waals surface area contributed by atoms with Gasteiger partial charge >= 0.3 is 0 Å². The van der Waals surface area contributed by atoms with E-state index in [-0.39, 0.29) is 17.8 Å². The molecule has 0 aliphatic heterocycles. The Kier molecular flexibility index (Phi) is 6.69. The second-order valence-corrected chi connectivity index (χ2v) is 6.58. The maximum absolute atomic E-state index is 13.2. The van der Waals surface area contributed by atoms with E-state index in [1.54, 1.807) is 0 Å². The highest BCUT2D eigenvalue weighted by molar-refractivity contribution is 5.95. The fraction of sp³-hybridized carbons (Fsp3) is 0.136. The molecule has 0 heterocycles. The van der Waals surface area contributed by atoms with Crippen molar-refractivity contribution in [2.45, 2.75) is 13.0 Å². The first-order valence-corrected chi connectivity index (χ1v) is 9.22. The van der Waals surface area contributed by atoms with Gasteiger partial charge < -0.3 is 10.6 Å². The molecule has 0 bridgehead atoms. The molecular weight excluding hydrogens is 392 g/mol. The summed E-state index contributed by atoms with van der Waals surface area (Å²) in [5.41, 5.74) is 1.73. The maximum Gasteiger partial charge on any atom is 0.293 e. The molecule has 0 saturated carbocycles. The number of benzene rings is 3. The average Bonchev–Trinajstić information content (AvgIpc) is 2.75. The van der Waals surface area contributed by atoms with Gasteiger partial charge in [-0.2, -0.15) is 0 Å². The fourth-order valence-corrected chi connectivity index (χ4v) is 2.88. The highest BCUT2D eigenvalue weighted by atomic mass is 19.2. The topological polar surface area (TPSA) is 84.3 Å². The Morgan fingerprint density at radius 3 is 2.40 bits per heavy atom. The lowest BCUT2D eigenvalue weighted by Crippen LogP contribution is -2.25. The molecule has 8 heteroatoms. The first-order valence-electron chi connectivity index (χ1n) is 9.22. The smallest absolute Gasteiger partial charge is 0.293 e. The summed E-state index contributed by atoms with van der Waals surface area (Å²) >= 11 is 0. The molecular formula is C22H19F2N3O3. The molecule has 0 radical (unpaired) electrons. The van der Waals surface area contributed by atoms with Crippen LogP contribution in [0.4, 0.5) is 20.2 Å². The van der Waals surface area contributed by atoms with E-state index < -0.39 is 22.5 Å². The number of nitrogens with zero attached hydrogens (tertiary/aromatic N) is 1. The van der Waals surface area contributed by atoms with Gasteiger partial charge in [0, 0.05) is 24.7 Å². The van der Waals surface area contributed by atoms with Gasteiger partial charge in [0.2, 0.25) is 0 Å². The highest BCUT2D eigenvalue weighted by Gasteiger charge is 2.17. The third kappa shape index (κ3) is 5.38. The Hall–Kier alpha value is -3.81. The molecule has 0 saturated heterocycles. The lowest BCUT2D eigenvalue weighted by Gasteiger charge is -2.10. The Labute approximate surface area is 171 Å². The summed E-state index contributed by atoms with van der Waals surface area (Å²) < 4.78 is 26.2. The number of nitrogens with one attached hydrogen (secondary N) is 2. The van der Waals surface area contributed by atoms with Crippen LogP contribution in [0.1, 0.15) is 21.5 Å². The summed E-state index contributed by atoms with van der Waals surface area (Å²) in [5.74, 6) is -2.38. The zero-order chi connectivity index (χ0) is 21.5. The molecule has 2 N–H and O–H groups in total. The third-order valence-corrected chi connectivity index (χ3v) is 4.47. The molecule has 3 aromatic carbocycles. The number of anilines is 1. The molecule has 0 atom stereocenters. The van der Waals surface area contributed by atoms with E-state index in [0.29, 0.717) is 24.2 Å². The van der Waals surface area contributed by atoms with Gasteiger partial charge in [-0.3, -0.25) is 14.9 Å². The molecule has 0 aliphatic rings. The van der Waals surface area contributed by atoms with Crippen molar-refractivity contribution in [3.63, 3.8) is 0 Å². The first kappa shape index (κ1) is 20.9.